The number of urea groups is 1. The van der Waals surface area contributed by atoms with E-state index in [1.54, 1.807) is 18.1 Å². The summed E-state index contributed by atoms with van der Waals surface area (Å²) in [5.74, 6) is 0.0684. The first-order valence-corrected chi connectivity index (χ1v) is 10.1. The number of amides is 3. The highest BCUT2D eigenvalue weighted by molar-refractivity contribution is 6.32. The van der Waals surface area contributed by atoms with Crippen molar-refractivity contribution in [3.8, 4) is 0 Å². The molecule has 9 nitrogen and oxygen atoms in total. The molecule has 1 heterocycles. The summed E-state index contributed by atoms with van der Waals surface area (Å²) in [6.07, 6.45) is 10.6. The average Bonchev–Trinajstić information content (AvgIpc) is 3.51. The summed E-state index contributed by atoms with van der Waals surface area (Å²) in [7, 11) is 1.54. The standard InChI is InChI=1S/C20H26ClN7O2/c1-11-6-16(27-20(30)23-3)15(21)7-13(11)8-17-18(22)24-10-25-28(17)9-12(2)19(29)26-14-4-5-14/h6-11,13-14H,4-5H2,1-3H3,(H,26,29)(H2,22,24,25)(H2,23,27,30)/b12-9+,17-8+/t11?,13-/m0/s1. The number of nitrogens with zero attached hydrogens (tertiary/aromatic N) is 3. The average molecular weight is 432 g/mol. The van der Waals surface area contributed by atoms with Gasteiger partial charge in [-0.1, -0.05) is 30.7 Å². The Morgan fingerprint density at radius 3 is 2.73 bits per heavy atom. The number of allylic oxidation sites excluding steroid dienone is 4. The number of nitrogens with two attached hydrogens (primary N) is 1. The molecule has 2 aliphatic carbocycles. The van der Waals surface area contributed by atoms with Crippen molar-refractivity contribution in [2.24, 2.45) is 27.7 Å². The van der Waals surface area contributed by atoms with Gasteiger partial charge >= 0.3 is 6.03 Å². The molecule has 0 aromatic carbocycles. The lowest BCUT2D eigenvalue weighted by molar-refractivity contribution is -0.117. The highest BCUT2D eigenvalue weighted by Crippen LogP contribution is 2.31. The lowest BCUT2D eigenvalue weighted by Gasteiger charge is -2.26. The number of amidine groups is 1. The van der Waals surface area contributed by atoms with Crippen molar-refractivity contribution >= 4 is 35.7 Å². The molecule has 0 aromatic rings. The van der Waals surface area contributed by atoms with Crippen LogP contribution in [-0.4, -0.2) is 42.2 Å². The minimum Gasteiger partial charge on any atom is -0.382 e. The Balaban J connectivity index is 1.81. The number of carbonyl (C=O) groups excluding carboxylic acids is 2. The van der Waals surface area contributed by atoms with Gasteiger partial charge in [0, 0.05) is 30.8 Å². The van der Waals surface area contributed by atoms with Crippen molar-refractivity contribution in [3.63, 3.8) is 0 Å². The Kier molecular flexibility index (Phi) is 6.61. The molecule has 5 N–H and O–H groups in total. The molecule has 1 aliphatic heterocycles. The second kappa shape index (κ2) is 9.17. The Hall–Kier alpha value is -3.07. The number of aliphatic imine (C=N–C) groups is 1. The van der Waals surface area contributed by atoms with Gasteiger partial charge in [0.2, 0.25) is 5.91 Å². The van der Waals surface area contributed by atoms with Crippen LogP contribution in [-0.2, 0) is 4.79 Å². The zero-order valence-corrected chi connectivity index (χ0v) is 17.9. The van der Waals surface area contributed by atoms with Crippen molar-refractivity contribution < 1.29 is 9.59 Å². The van der Waals surface area contributed by atoms with Gasteiger partial charge in [-0.3, -0.25) is 4.79 Å². The molecule has 2 atom stereocenters. The molecular weight excluding hydrogens is 406 g/mol. The third-order valence-electron chi connectivity index (χ3n) is 4.93. The zero-order valence-electron chi connectivity index (χ0n) is 17.1. The monoisotopic (exact) mass is 431 g/mol. The number of hydrogen-bond acceptors (Lipinski definition) is 6. The van der Waals surface area contributed by atoms with E-state index in [1.807, 2.05) is 25.2 Å². The Morgan fingerprint density at radius 2 is 2.07 bits per heavy atom. The second-order valence-corrected chi connectivity index (χ2v) is 7.84. The van der Waals surface area contributed by atoms with Crippen LogP contribution in [0.2, 0.25) is 0 Å². The van der Waals surface area contributed by atoms with Crippen LogP contribution in [0, 0.1) is 11.8 Å². The van der Waals surface area contributed by atoms with Crippen LogP contribution in [0.4, 0.5) is 4.79 Å². The summed E-state index contributed by atoms with van der Waals surface area (Å²) in [4.78, 5) is 27.9. The van der Waals surface area contributed by atoms with Crippen molar-refractivity contribution in [1.82, 2.24) is 21.0 Å². The highest BCUT2D eigenvalue weighted by atomic mass is 35.5. The number of carbonyl (C=O) groups is 2. The van der Waals surface area contributed by atoms with E-state index >= 15 is 0 Å². The number of hydrogen-bond donors (Lipinski definition) is 4. The molecule has 0 aromatic heterocycles. The van der Waals surface area contributed by atoms with E-state index in [4.69, 9.17) is 17.3 Å². The number of nitrogens with one attached hydrogen (secondary N) is 3. The summed E-state index contributed by atoms with van der Waals surface area (Å²) in [6, 6.07) is -0.0711. The summed E-state index contributed by atoms with van der Waals surface area (Å²) in [5, 5.41) is 14.4. The van der Waals surface area contributed by atoms with Gasteiger partial charge in [0.25, 0.3) is 0 Å². The molecule has 0 bridgehead atoms. The van der Waals surface area contributed by atoms with Crippen molar-refractivity contribution in [3.05, 3.63) is 46.4 Å². The number of halogens is 1. The largest absolute Gasteiger partial charge is 0.382 e. The van der Waals surface area contributed by atoms with Gasteiger partial charge in [0.15, 0.2) is 5.84 Å². The van der Waals surface area contributed by atoms with Crippen LogP contribution in [0.1, 0.15) is 26.7 Å². The highest BCUT2D eigenvalue weighted by Gasteiger charge is 2.26. The summed E-state index contributed by atoms with van der Waals surface area (Å²) >= 11 is 6.37. The molecule has 1 saturated carbocycles. The summed E-state index contributed by atoms with van der Waals surface area (Å²) in [6.45, 7) is 3.73. The van der Waals surface area contributed by atoms with Gasteiger partial charge in [-0.15, -0.1) is 0 Å². The fourth-order valence-corrected chi connectivity index (χ4v) is 3.21. The molecule has 0 radical (unpaired) electrons. The molecule has 0 saturated heterocycles. The fraction of sp³-hybridized carbons (Fsp3) is 0.400. The Morgan fingerprint density at radius 1 is 1.33 bits per heavy atom. The van der Waals surface area contributed by atoms with E-state index in [9.17, 15) is 9.59 Å². The molecule has 0 spiro atoms. The van der Waals surface area contributed by atoms with Crippen molar-refractivity contribution in [2.45, 2.75) is 32.7 Å². The quantitative estimate of drug-likeness (QED) is 0.496. The second-order valence-electron chi connectivity index (χ2n) is 7.44. The van der Waals surface area contributed by atoms with E-state index in [0.717, 1.165) is 12.8 Å². The number of hydrazone groups is 1. The smallest absolute Gasteiger partial charge is 0.319 e. The molecule has 3 amide bonds. The molecule has 3 aliphatic rings. The molecule has 160 valence electrons. The van der Waals surface area contributed by atoms with E-state index in [2.05, 4.69) is 26.0 Å². The minimum absolute atomic E-state index is 0.0240. The molecular formula is C20H26ClN7O2. The lowest BCUT2D eigenvalue weighted by Crippen LogP contribution is -2.34. The first-order chi connectivity index (χ1) is 14.3. The first-order valence-electron chi connectivity index (χ1n) is 9.73. The van der Waals surface area contributed by atoms with Gasteiger partial charge in [-0.05, 0) is 31.8 Å². The van der Waals surface area contributed by atoms with E-state index in [-0.39, 0.29) is 35.7 Å². The van der Waals surface area contributed by atoms with Gasteiger partial charge in [-0.25, -0.2) is 14.8 Å². The molecule has 3 rings (SSSR count). The predicted octanol–water partition coefficient (Wildman–Crippen LogP) is 1.87. The van der Waals surface area contributed by atoms with E-state index < -0.39 is 0 Å². The third-order valence-corrected chi connectivity index (χ3v) is 5.26. The molecule has 1 fully saturated rings. The van der Waals surface area contributed by atoms with E-state index in [1.165, 1.54) is 13.4 Å². The van der Waals surface area contributed by atoms with E-state index in [0.29, 0.717) is 22.0 Å². The van der Waals surface area contributed by atoms with Gasteiger partial charge < -0.3 is 21.7 Å². The molecule has 30 heavy (non-hydrogen) atoms. The zero-order chi connectivity index (χ0) is 21.8. The Labute approximate surface area is 180 Å². The van der Waals surface area contributed by atoms with Crippen LogP contribution in [0.25, 0.3) is 0 Å². The lowest BCUT2D eigenvalue weighted by atomic mass is 9.87. The summed E-state index contributed by atoms with van der Waals surface area (Å²) < 4.78 is 0. The van der Waals surface area contributed by atoms with Crippen molar-refractivity contribution in [2.75, 3.05) is 7.05 Å². The topological polar surface area (TPSA) is 124 Å². The maximum Gasteiger partial charge on any atom is 0.319 e. The SMILES string of the molecule is CNC(=O)NC1=CC(C)[C@H](/C=C2\C(N)=NC=NN2/C=C(\C)C(=O)NC2CC2)C=C1Cl. The first kappa shape index (κ1) is 21.6. The number of rotatable bonds is 5. The van der Waals surface area contributed by atoms with Crippen LogP contribution in [0.3, 0.4) is 0 Å². The van der Waals surface area contributed by atoms with Crippen LogP contribution >= 0.6 is 11.6 Å². The third kappa shape index (κ3) is 5.29. The van der Waals surface area contributed by atoms with Gasteiger partial charge in [0.1, 0.15) is 12.0 Å². The van der Waals surface area contributed by atoms with Crippen molar-refractivity contribution in [1.29, 1.82) is 0 Å². The van der Waals surface area contributed by atoms with Crippen LogP contribution in [0.5, 0.6) is 0 Å². The van der Waals surface area contributed by atoms with Gasteiger partial charge in [0.05, 0.1) is 10.7 Å². The van der Waals surface area contributed by atoms with Crippen LogP contribution in [0.15, 0.2) is 56.5 Å². The predicted molar refractivity (Wildman–Crippen MR) is 117 cm³/mol. The maximum atomic E-state index is 12.3. The molecule has 10 heteroatoms. The fourth-order valence-electron chi connectivity index (χ4n) is 2.96. The summed E-state index contributed by atoms with van der Waals surface area (Å²) in [5.41, 5.74) is 7.73. The minimum atomic E-state index is -0.342. The molecule has 1 unspecified atom stereocenters. The Bertz CT molecular complexity index is 912. The normalized spacial score (nSPS) is 25.3. The maximum absolute atomic E-state index is 12.3. The van der Waals surface area contributed by atoms with Crippen LogP contribution < -0.4 is 21.7 Å². The van der Waals surface area contributed by atoms with Gasteiger partial charge in [-0.2, -0.15) is 5.10 Å².